The van der Waals surface area contributed by atoms with Gasteiger partial charge in [0.1, 0.15) is 6.10 Å². The fourth-order valence-corrected chi connectivity index (χ4v) is 1.17. The van der Waals surface area contributed by atoms with Crippen molar-refractivity contribution in [3.63, 3.8) is 0 Å². The molecule has 0 fully saturated rings. The molecule has 0 spiro atoms. The molecule has 0 radical (unpaired) electrons. The number of aromatic amines is 1. The van der Waals surface area contributed by atoms with E-state index in [-0.39, 0.29) is 16.7 Å². The Morgan fingerprint density at radius 2 is 2.23 bits per heavy atom. The van der Waals surface area contributed by atoms with Crippen molar-refractivity contribution in [2.75, 3.05) is 5.75 Å². The van der Waals surface area contributed by atoms with E-state index in [1.54, 1.807) is 0 Å². The highest BCUT2D eigenvalue weighted by Crippen LogP contribution is 2.12. The van der Waals surface area contributed by atoms with Gasteiger partial charge in [0.2, 0.25) is 0 Å². The van der Waals surface area contributed by atoms with Crippen molar-refractivity contribution in [1.29, 1.82) is 0 Å². The van der Waals surface area contributed by atoms with Crippen LogP contribution in [0.15, 0.2) is 23.3 Å². The Morgan fingerprint density at radius 1 is 1.54 bits per heavy atom. The Bertz CT molecular complexity index is 325. The molecule has 13 heavy (non-hydrogen) atoms. The Labute approximate surface area is 80.7 Å². The molecule has 0 saturated carbocycles. The van der Waals surface area contributed by atoms with E-state index in [2.05, 4.69) is 17.6 Å². The number of rotatable bonds is 3. The molecule has 0 bridgehead atoms. The van der Waals surface area contributed by atoms with E-state index in [0.717, 1.165) is 0 Å². The first kappa shape index (κ1) is 10.3. The largest absolute Gasteiger partial charge is 0.389 e. The first-order valence-electron chi connectivity index (χ1n) is 3.81. The summed E-state index contributed by atoms with van der Waals surface area (Å²) in [5.41, 5.74) is -0.142. The van der Waals surface area contributed by atoms with Crippen LogP contribution in [-0.2, 0) is 0 Å². The highest BCUT2D eigenvalue weighted by molar-refractivity contribution is 7.80. The highest BCUT2D eigenvalue weighted by atomic mass is 32.1. The third-order valence-corrected chi connectivity index (χ3v) is 2.10. The molecule has 0 aromatic carbocycles. The zero-order chi connectivity index (χ0) is 9.84. The van der Waals surface area contributed by atoms with Gasteiger partial charge < -0.3 is 15.2 Å². The molecule has 4 nitrogen and oxygen atoms in total. The second-order valence-corrected chi connectivity index (χ2v) is 3.02. The Kier molecular flexibility index (Phi) is 3.53. The van der Waals surface area contributed by atoms with E-state index >= 15 is 0 Å². The van der Waals surface area contributed by atoms with Gasteiger partial charge in [0.25, 0.3) is 0 Å². The quantitative estimate of drug-likeness (QED) is 0.507. The van der Waals surface area contributed by atoms with Crippen molar-refractivity contribution in [1.82, 2.24) is 4.98 Å². The Hall–Kier alpha value is -0.780. The van der Waals surface area contributed by atoms with Crippen LogP contribution in [0.3, 0.4) is 0 Å². The molecule has 72 valence electrons. The molecule has 0 aliphatic rings. The van der Waals surface area contributed by atoms with Gasteiger partial charge in [-0.1, -0.05) is 0 Å². The van der Waals surface area contributed by atoms with Gasteiger partial charge in [-0.3, -0.25) is 4.79 Å². The molecule has 0 saturated heterocycles. The lowest BCUT2D eigenvalue weighted by molar-refractivity contribution is 0.0329. The maximum Gasteiger partial charge on any atom is 0.187 e. The van der Waals surface area contributed by atoms with Gasteiger partial charge in [-0.25, -0.2) is 0 Å². The fraction of sp³-hybridized carbons (Fsp3) is 0.375. The van der Waals surface area contributed by atoms with Gasteiger partial charge in [-0.2, -0.15) is 12.6 Å². The van der Waals surface area contributed by atoms with E-state index in [9.17, 15) is 15.0 Å². The van der Waals surface area contributed by atoms with Crippen LogP contribution < -0.4 is 5.43 Å². The first-order chi connectivity index (χ1) is 6.16. The first-order valence-corrected chi connectivity index (χ1v) is 4.44. The summed E-state index contributed by atoms with van der Waals surface area (Å²) < 4.78 is 0. The van der Waals surface area contributed by atoms with Crippen LogP contribution in [0, 0.1) is 0 Å². The van der Waals surface area contributed by atoms with Crippen molar-refractivity contribution in [3.8, 4) is 0 Å². The van der Waals surface area contributed by atoms with Crippen LogP contribution in [-0.4, -0.2) is 27.1 Å². The normalized spacial score (nSPS) is 15.3. The molecular formula is C8H11NO3S. The second-order valence-electron chi connectivity index (χ2n) is 2.66. The van der Waals surface area contributed by atoms with E-state index in [0.29, 0.717) is 0 Å². The lowest BCUT2D eigenvalue weighted by Crippen LogP contribution is -2.24. The van der Waals surface area contributed by atoms with Crippen molar-refractivity contribution < 1.29 is 10.2 Å². The van der Waals surface area contributed by atoms with Gasteiger partial charge >= 0.3 is 0 Å². The third kappa shape index (κ3) is 2.33. The average Bonchev–Trinajstić information content (AvgIpc) is 2.16. The number of hydrogen-bond acceptors (Lipinski definition) is 4. The van der Waals surface area contributed by atoms with E-state index < -0.39 is 12.2 Å². The minimum absolute atomic E-state index is 0.107. The summed E-state index contributed by atoms with van der Waals surface area (Å²) in [7, 11) is 0. The Morgan fingerprint density at radius 3 is 2.77 bits per heavy atom. The average molecular weight is 201 g/mol. The van der Waals surface area contributed by atoms with Crippen molar-refractivity contribution in [2.24, 2.45) is 0 Å². The summed E-state index contributed by atoms with van der Waals surface area (Å²) in [4.78, 5) is 13.8. The van der Waals surface area contributed by atoms with Gasteiger partial charge in [0.15, 0.2) is 5.43 Å². The summed E-state index contributed by atoms with van der Waals surface area (Å²) in [5, 5.41) is 18.7. The van der Waals surface area contributed by atoms with Crippen LogP contribution in [0.2, 0.25) is 0 Å². The molecule has 2 atom stereocenters. The highest BCUT2D eigenvalue weighted by Gasteiger charge is 2.18. The molecule has 1 heterocycles. The third-order valence-electron chi connectivity index (χ3n) is 1.72. The maximum atomic E-state index is 11.2. The zero-order valence-electron chi connectivity index (χ0n) is 6.84. The van der Waals surface area contributed by atoms with Crippen molar-refractivity contribution in [2.45, 2.75) is 12.2 Å². The number of pyridine rings is 1. The lowest BCUT2D eigenvalue weighted by Gasteiger charge is -2.14. The molecule has 0 aliphatic carbocycles. The number of aromatic nitrogens is 1. The van der Waals surface area contributed by atoms with E-state index in [1.807, 2.05) is 0 Å². The van der Waals surface area contributed by atoms with Gasteiger partial charge in [-0.15, -0.1) is 0 Å². The lowest BCUT2D eigenvalue weighted by atomic mass is 10.1. The SMILES string of the molecule is O=c1cc[nH]cc1C(O)C(O)CS. The maximum absolute atomic E-state index is 11.2. The molecular weight excluding hydrogens is 190 g/mol. The fourth-order valence-electron chi connectivity index (χ4n) is 0.967. The molecule has 1 rings (SSSR count). The number of aliphatic hydroxyl groups excluding tert-OH is 2. The summed E-state index contributed by atoms with van der Waals surface area (Å²) in [5.74, 6) is 0.107. The molecule has 3 N–H and O–H groups in total. The van der Waals surface area contributed by atoms with Crippen LogP contribution in [0.25, 0.3) is 0 Å². The number of hydrogen-bond donors (Lipinski definition) is 4. The molecule has 1 aromatic heterocycles. The zero-order valence-corrected chi connectivity index (χ0v) is 7.74. The monoisotopic (exact) mass is 201 g/mol. The summed E-state index contributed by atoms with van der Waals surface area (Å²) >= 11 is 3.82. The second kappa shape index (κ2) is 4.45. The van der Waals surface area contributed by atoms with Crippen molar-refractivity contribution in [3.05, 3.63) is 34.2 Å². The number of nitrogens with one attached hydrogen (secondary N) is 1. The standard InChI is InChI=1S/C8H11NO3S/c10-6-1-2-9-3-5(6)8(12)7(11)4-13/h1-3,7-8,11-13H,4H2,(H,9,10). The molecule has 2 unspecified atom stereocenters. The predicted molar refractivity (Wildman–Crippen MR) is 51.9 cm³/mol. The summed E-state index contributed by atoms with van der Waals surface area (Å²) in [6, 6.07) is 1.30. The topological polar surface area (TPSA) is 73.3 Å². The van der Waals surface area contributed by atoms with Crippen LogP contribution in [0.5, 0.6) is 0 Å². The van der Waals surface area contributed by atoms with E-state index in [1.165, 1.54) is 18.5 Å². The van der Waals surface area contributed by atoms with Gasteiger partial charge in [0, 0.05) is 29.8 Å². The molecule has 5 heteroatoms. The Balaban J connectivity index is 2.95. The summed E-state index contributed by atoms with van der Waals surface area (Å²) in [6.45, 7) is 0. The number of H-pyrrole nitrogens is 1. The molecule has 0 amide bonds. The smallest absolute Gasteiger partial charge is 0.187 e. The van der Waals surface area contributed by atoms with Crippen molar-refractivity contribution >= 4 is 12.6 Å². The van der Waals surface area contributed by atoms with Gasteiger partial charge in [0.05, 0.1) is 6.10 Å². The van der Waals surface area contributed by atoms with E-state index in [4.69, 9.17) is 0 Å². The van der Waals surface area contributed by atoms with Gasteiger partial charge in [-0.05, 0) is 0 Å². The van der Waals surface area contributed by atoms with Crippen LogP contribution in [0.4, 0.5) is 0 Å². The molecule has 1 aromatic rings. The molecule has 0 aliphatic heterocycles. The number of thiol groups is 1. The predicted octanol–water partition coefficient (Wildman–Crippen LogP) is -0.301. The minimum atomic E-state index is -1.18. The number of aliphatic hydroxyl groups is 2. The minimum Gasteiger partial charge on any atom is -0.389 e. The van der Waals surface area contributed by atoms with Crippen LogP contribution >= 0.6 is 12.6 Å². The summed E-state index contributed by atoms with van der Waals surface area (Å²) in [6.07, 6.45) is 0.639. The van der Waals surface area contributed by atoms with Crippen LogP contribution in [0.1, 0.15) is 11.7 Å².